The van der Waals surface area contributed by atoms with Crippen LogP contribution in [-0.4, -0.2) is 34.3 Å². The van der Waals surface area contributed by atoms with Crippen molar-refractivity contribution in [2.45, 2.75) is 51.4 Å². The molecule has 0 saturated carbocycles. The summed E-state index contributed by atoms with van der Waals surface area (Å²) in [4.78, 5) is 16.1. The van der Waals surface area contributed by atoms with Crippen LogP contribution in [0.25, 0.3) is 0 Å². The first kappa shape index (κ1) is 25.3. The van der Waals surface area contributed by atoms with Gasteiger partial charge >= 0.3 is 5.97 Å². The van der Waals surface area contributed by atoms with Crippen LogP contribution in [0.1, 0.15) is 53.5 Å². The number of carbonyl (C=O) groups is 1. The quantitative estimate of drug-likeness (QED) is 0.294. The normalized spacial score (nSPS) is 15.7. The molecule has 0 spiro atoms. The van der Waals surface area contributed by atoms with Gasteiger partial charge in [-0.25, -0.2) is 0 Å². The molecule has 0 saturated heterocycles. The van der Waals surface area contributed by atoms with Gasteiger partial charge in [0.15, 0.2) is 0 Å². The van der Waals surface area contributed by atoms with Gasteiger partial charge in [-0.1, -0.05) is 19.1 Å². The summed E-state index contributed by atoms with van der Waals surface area (Å²) in [6.07, 6.45) is 3.89. The highest BCUT2D eigenvalue weighted by atomic mass is 16.5. The first-order valence-corrected chi connectivity index (χ1v) is 13.2. The van der Waals surface area contributed by atoms with E-state index in [1.54, 1.807) is 12.5 Å². The molecule has 39 heavy (non-hydrogen) atoms. The third kappa shape index (κ3) is 5.44. The Labute approximate surface area is 227 Å². The lowest BCUT2D eigenvalue weighted by Gasteiger charge is -2.35. The maximum Gasteiger partial charge on any atom is 0.303 e. The van der Waals surface area contributed by atoms with Gasteiger partial charge in [0.25, 0.3) is 0 Å². The zero-order valence-electron chi connectivity index (χ0n) is 22.0. The first-order valence-electron chi connectivity index (χ1n) is 13.2. The third-order valence-electron chi connectivity index (χ3n) is 7.75. The Hall–Kier alpha value is -4.01. The summed E-state index contributed by atoms with van der Waals surface area (Å²) in [5.41, 5.74) is 3.77. The lowest BCUT2D eigenvalue weighted by Crippen LogP contribution is -2.33. The van der Waals surface area contributed by atoms with Gasteiger partial charge < -0.3 is 23.4 Å². The van der Waals surface area contributed by atoms with Crippen LogP contribution >= 0.6 is 0 Å². The molecule has 0 bridgehead atoms. The molecule has 4 aromatic rings. The lowest BCUT2D eigenvalue weighted by atomic mass is 9.72. The number of carboxylic acid groups (broad SMARTS) is 1. The largest absolute Gasteiger partial charge is 0.481 e. The van der Waals surface area contributed by atoms with E-state index in [2.05, 4.69) is 41.0 Å². The molecule has 2 aromatic carbocycles. The minimum Gasteiger partial charge on any atom is -0.481 e. The Morgan fingerprint density at radius 2 is 1.33 bits per heavy atom. The topological polar surface area (TPSA) is 88.5 Å². The van der Waals surface area contributed by atoms with Crippen molar-refractivity contribution in [1.29, 1.82) is 0 Å². The molecule has 2 aromatic heterocycles. The SMILES string of the molecule is CC(CCC(=O)O)(c1ccc2c(c1)CN(Cc1ccco1)CO2)c1ccc2c(c1)CN(Cc1ccco1)CO2. The molecule has 8 nitrogen and oxygen atoms in total. The molecule has 6 rings (SSSR count). The maximum atomic E-state index is 11.7. The van der Waals surface area contributed by atoms with E-state index in [-0.39, 0.29) is 6.42 Å². The summed E-state index contributed by atoms with van der Waals surface area (Å²) < 4.78 is 23.1. The molecular weight excluding hydrogens is 496 g/mol. The van der Waals surface area contributed by atoms with E-state index < -0.39 is 11.4 Å². The van der Waals surface area contributed by atoms with Crippen LogP contribution in [0.15, 0.2) is 82.0 Å². The van der Waals surface area contributed by atoms with Gasteiger partial charge in [0.2, 0.25) is 0 Å². The second-order valence-electron chi connectivity index (χ2n) is 10.6. The van der Waals surface area contributed by atoms with Crippen LogP contribution in [0.3, 0.4) is 0 Å². The van der Waals surface area contributed by atoms with Crippen molar-refractivity contribution >= 4 is 5.97 Å². The van der Waals surface area contributed by atoms with Gasteiger partial charge in [-0.15, -0.1) is 0 Å². The summed E-state index contributed by atoms with van der Waals surface area (Å²) >= 11 is 0. The van der Waals surface area contributed by atoms with Gasteiger partial charge in [0.05, 0.1) is 25.6 Å². The highest BCUT2D eigenvalue weighted by Crippen LogP contribution is 2.41. The van der Waals surface area contributed by atoms with Gasteiger partial charge in [-0.05, 0) is 66.1 Å². The molecule has 0 fully saturated rings. The molecule has 0 radical (unpaired) electrons. The molecule has 2 aliphatic rings. The van der Waals surface area contributed by atoms with E-state index >= 15 is 0 Å². The first-order chi connectivity index (χ1) is 19.0. The van der Waals surface area contributed by atoms with Crippen molar-refractivity contribution in [3.05, 3.63) is 107 Å². The average Bonchev–Trinajstić information content (AvgIpc) is 3.65. The van der Waals surface area contributed by atoms with Crippen LogP contribution in [-0.2, 0) is 36.4 Å². The Morgan fingerprint density at radius 3 is 1.77 bits per heavy atom. The fraction of sp³-hybridized carbons (Fsp3) is 0.323. The molecule has 4 heterocycles. The van der Waals surface area contributed by atoms with Crippen molar-refractivity contribution < 1.29 is 28.2 Å². The Bertz CT molecular complexity index is 1330. The zero-order chi connectivity index (χ0) is 26.8. The number of fused-ring (bicyclic) bond motifs is 2. The zero-order valence-corrected chi connectivity index (χ0v) is 22.0. The van der Waals surface area contributed by atoms with Crippen LogP contribution in [0, 0.1) is 0 Å². The highest BCUT2D eigenvalue weighted by Gasteiger charge is 2.33. The third-order valence-corrected chi connectivity index (χ3v) is 7.75. The van der Waals surface area contributed by atoms with Gasteiger partial charge in [0.1, 0.15) is 36.5 Å². The van der Waals surface area contributed by atoms with E-state index in [1.807, 2.05) is 36.4 Å². The predicted octanol–water partition coefficient (Wildman–Crippen LogP) is 5.75. The van der Waals surface area contributed by atoms with E-state index in [0.717, 1.165) is 58.4 Å². The number of ether oxygens (including phenoxy) is 2. The fourth-order valence-corrected chi connectivity index (χ4v) is 5.53. The monoisotopic (exact) mass is 528 g/mol. The molecule has 0 aliphatic carbocycles. The van der Waals surface area contributed by atoms with Gasteiger partial charge in [-0.2, -0.15) is 0 Å². The number of hydrogen-bond acceptors (Lipinski definition) is 7. The van der Waals surface area contributed by atoms with Crippen LogP contribution in [0.4, 0.5) is 0 Å². The number of rotatable bonds is 9. The van der Waals surface area contributed by atoms with E-state index in [1.165, 1.54) is 0 Å². The summed E-state index contributed by atoms with van der Waals surface area (Å²) in [6, 6.07) is 20.2. The van der Waals surface area contributed by atoms with Crippen molar-refractivity contribution in [3.63, 3.8) is 0 Å². The van der Waals surface area contributed by atoms with Crippen LogP contribution in [0.2, 0.25) is 0 Å². The highest BCUT2D eigenvalue weighted by molar-refractivity contribution is 5.67. The minimum absolute atomic E-state index is 0.0624. The Morgan fingerprint density at radius 1 is 0.821 bits per heavy atom. The molecule has 0 atom stereocenters. The minimum atomic E-state index is -0.807. The number of carboxylic acids is 1. The molecule has 0 unspecified atom stereocenters. The number of aliphatic carboxylic acids is 1. The van der Waals surface area contributed by atoms with Crippen LogP contribution < -0.4 is 9.47 Å². The molecule has 2 aliphatic heterocycles. The summed E-state index contributed by atoms with van der Waals surface area (Å²) in [7, 11) is 0. The van der Waals surface area contributed by atoms with Crippen LogP contribution in [0.5, 0.6) is 11.5 Å². The second-order valence-corrected chi connectivity index (χ2v) is 10.6. The average molecular weight is 529 g/mol. The second kappa shape index (κ2) is 10.6. The predicted molar refractivity (Wildman–Crippen MR) is 143 cm³/mol. The number of furan rings is 2. The summed E-state index contributed by atoms with van der Waals surface area (Å²) in [5, 5.41) is 9.60. The van der Waals surface area contributed by atoms with Gasteiger partial charge in [0, 0.05) is 36.1 Å². The molecule has 202 valence electrons. The smallest absolute Gasteiger partial charge is 0.303 e. The Balaban J connectivity index is 1.29. The Kier molecular flexibility index (Phi) is 6.89. The van der Waals surface area contributed by atoms with E-state index in [9.17, 15) is 9.90 Å². The fourth-order valence-electron chi connectivity index (χ4n) is 5.53. The number of hydrogen-bond donors (Lipinski definition) is 1. The van der Waals surface area contributed by atoms with Crippen molar-refractivity contribution in [3.8, 4) is 11.5 Å². The van der Waals surface area contributed by atoms with E-state index in [0.29, 0.717) is 33.0 Å². The maximum absolute atomic E-state index is 11.7. The standard InChI is InChI=1S/C31H32N2O6/c1-31(11-10-30(34)35,24-6-8-28-22(14-24)16-32(20-38-28)18-26-4-2-12-36-26)25-7-9-29-23(15-25)17-33(21-39-29)19-27-5-3-13-37-27/h2-9,12-15H,10-11,16-21H2,1H3,(H,34,35). The number of benzene rings is 2. The van der Waals surface area contributed by atoms with Gasteiger partial charge in [-0.3, -0.25) is 14.6 Å². The van der Waals surface area contributed by atoms with E-state index in [4.69, 9.17) is 18.3 Å². The lowest BCUT2D eigenvalue weighted by molar-refractivity contribution is -0.137. The molecule has 1 N–H and O–H groups in total. The van der Waals surface area contributed by atoms with Crippen molar-refractivity contribution in [1.82, 2.24) is 9.80 Å². The van der Waals surface area contributed by atoms with Crippen molar-refractivity contribution in [2.75, 3.05) is 13.5 Å². The number of nitrogens with zero attached hydrogens (tertiary/aromatic N) is 2. The molecule has 0 amide bonds. The summed E-state index contributed by atoms with van der Waals surface area (Å²) in [6.45, 7) is 5.87. The molecule has 8 heteroatoms. The molecular formula is C31H32N2O6. The summed E-state index contributed by atoms with van der Waals surface area (Å²) in [5.74, 6) is 2.70. The van der Waals surface area contributed by atoms with Crippen molar-refractivity contribution in [2.24, 2.45) is 0 Å².